The summed E-state index contributed by atoms with van der Waals surface area (Å²) < 4.78 is 4.92. The summed E-state index contributed by atoms with van der Waals surface area (Å²) >= 11 is 0. The van der Waals surface area contributed by atoms with Crippen LogP contribution in [0.1, 0.15) is 94.0 Å². The summed E-state index contributed by atoms with van der Waals surface area (Å²) in [5, 5.41) is 5.28. The summed E-state index contributed by atoms with van der Waals surface area (Å²) in [4.78, 5) is 24.0. The van der Waals surface area contributed by atoms with Gasteiger partial charge in [-0.3, -0.25) is 9.59 Å². The zero-order chi connectivity index (χ0) is 22.3. The molecule has 170 valence electrons. The van der Waals surface area contributed by atoms with Gasteiger partial charge in [-0.05, 0) is 41.8 Å². The monoisotopic (exact) mass is 425 g/mol. The molecule has 0 saturated heterocycles. The van der Waals surface area contributed by atoms with Gasteiger partial charge in [0.2, 0.25) is 0 Å². The summed E-state index contributed by atoms with van der Waals surface area (Å²) in [6, 6.07) is 12.1. The SMILES string of the molecule is CCCCCCCCCCCC(=O)c1ccc2cc(CNCC(=O)OCC)ccc2c1. The van der Waals surface area contributed by atoms with Crippen molar-refractivity contribution in [2.24, 2.45) is 0 Å². The Balaban J connectivity index is 1.74. The summed E-state index contributed by atoms with van der Waals surface area (Å²) in [6.07, 6.45) is 12.0. The van der Waals surface area contributed by atoms with Gasteiger partial charge in [0.1, 0.15) is 0 Å². The Bertz CT molecular complexity index is 815. The summed E-state index contributed by atoms with van der Waals surface area (Å²) in [6.45, 7) is 5.26. The fraction of sp³-hybridized carbons (Fsp3) is 0.556. The van der Waals surface area contributed by atoms with Crippen LogP contribution in [0.4, 0.5) is 0 Å². The van der Waals surface area contributed by atoms with Crippen molar-refractivity contribution in [1.29, 1.82) is 0 Å². The number of unbranched alkanes of at least 4 members (excludes halogenated alkanes) is 8. The van der Waals surface area contributed by atoms with Crippen molar-refractivity contribution >= 4 is 22.5 Å². The summed E-state index contributed by atoms with van der Waals surface area (Å²) in [5.74, 6) is 0.00319. The van der Waals surface area contributed by atoms with E-state index in [1.807, 2.05) is 30.3 Å². The first kappa shape index (κ1) is 25.1. The molecule has 0 aliphatic rings. The molecule has 4 nitrogen and oxygen atoms in total. The molecule has 0 saturated carbocycles. The van der Waals surface area contributed by atoms with E-state index in [1.165, 1.54) is 44.9 Å². The van der Waals surface area contributed by atoms with Gasteiger partial charge in [0.15, 0.2) is 5.78 Å². The minimum Gasteiger partial charge on any atom is -0.465 e. The maximum Gasteiger partial charge on any atom is 0.319 e. The van der Waals surface area contributed by atoms with Crippen LogP contribution in [0.25, 0.3) is 10.8 Å². The Morgan fingerprint density at radius 3 is 2.16 bits per heavy atom. The molecule has 0 heterocycles. The van der Waals surface area contributed by atoms with Crippen molar-refractivity contribution < 1.29 is 14.3 Å². The van der Waals surface area contributed by atoms with Crippen LogP contribution in [0.5, 0.6) is 0 Å². The van der Waals surface area contributed by atoms with Gasteiger partial charge in [0.25, 0.3) is 0 Å². The fourth-order valence-corrected chi connectivity index (χ4v) is 3.84. The van der Waals surface area contributed by atoms with E-state index in [2.05, 4.69) is 18.3 Å². The van der Waals surface area contributed by atoms with Crippen LogP contribution in [-0.2, 0) is 16.1 Å². The molecule has 0 unspecified atom stereocenters. The molecule has 0 radical (unpaired) electrons. The first-order valence-electron chi connectivity index (χ1n) is 12.1. The molecule has 2 aromatic carbocycles. The van der Waals surface area contributed by atoms with Crippen molar-refractivity contribution in [3.8, 4) is 0 Å². The molecule has 31 heavy (non-hydrogen) atoms. The number of rotatable bonds is 16. The number of hydrogen-bond donors (Lipinski definition) is 1. The molecule has 0 aliphatic carbocycles. The van der Waals surface area contributed by atoms with Gasteiger partial charge < -0.3 is 10.1 Å². The van der Waals surface area contributed by atoms with Gasteiger partial charge >= 0.3 is 5.97 Å². The second kappa shape index (κ2) is 14.7. The topological polar surface area (TPSA) is 55.4 Å². The maximum atomic E-state index is 12.6. The Morgan fingerprint density at radius 1 is 0.806 bits per heavy atom. The minimum atomic E-state index is -0.238. The highest BCUT2D eigenvalue weighted by molar-refractivity contribution is 6.00. The molecule has 0 aliphatic heterocycles. The van der Waals surface area contributed by atoms with Crippen LogP contribution in [0, 0.1) is 0 Å². The van der Waals surface area contributed by atoms with Crippen molar-refractivity contribution in [2.75, 3.05) is 13.2 Å². The van der Waals surface area contributed by atoms with Crippen molar-refractivity contribution in [3.63, 3.8) is 0 Å². The van der Waals surface area contributed by atoms with Gasteiger partial charge in [0.05, 0.1) is 13.2 Å². The van der Waals surface area contributed by atoms with E-state index >= 15 is 0 Å². The molecular weight excluding hydrogens is 386 g/mol. The maximum absolute atomic E-state index is 12.6. The van der Waals surface area contributed by atoms with Crippen LogP contribution in [-0.4, -0.2) is 24.9 Å². The summed E-state index contributed by atoms with van der Waals surface area (Å²) in [5.41, 5.74) is 1.91. The highest BCUT2D eigenvalue weighted by Gasteiger charge is 2.07. The lowest BCUT2D eigenvalue weighted by atomic mass is 9.99. The molecule has 4 heteroatoms. The minimum absolute atomic E-state index is 0.207. The lowest BCUT2D eigenvalue weighted by Crippen LogP contribution is -2.24. The van der Waals surface area contributed by atoms with Crippen molar-refractivity contribution in [3.05, 3.63) is 47.5 Å². The Morgan fingerprint density at radius 2 is 1.45 bits per heavy atom. The first-order valence-corrected chi connectivity index (χ1v) is 12.1. The third-order valence-corrected chi connectivity index (χ3v) is 5.64. The quantitative estimate of drug-likeness (QED) is 0.187. The second-order valence-corrected chi connectivity index (χ2v) is 8.31. The van der Waals surface area contributed by atoms with E-state index in [0.29, 0.717) is 19.6 Å². The van der Waals surface area contributed by atoms with Crippen LogP contribution < -0.4 is 5.32 Å². The van der Waals surface area contributed by atoms with E-state index < -0.39 is 0 Å². The predicted octanol–water partition coefficient (Wildman–Crippen LogP) is 6.60. The van der Waals surface area contributed by atoms with Gasteiger partial charge in [-0.1, -0.05) is 82.6 Å². The number of esters is 1. The Kier molecular flexibility index (Phi) is 11.9. The standard InChI is InChI=1S/C27H39NO3/c1-3-5-6-7-8-9-10-11-12-13-26(29)25-17-16-23-18-22(14-15-24(23)19-25)20-28-21-27(30)31-4-2/h14-19,28H,3-13,20-21H2,1-2H3. The average Bonchev–Trinajstić information content (AvgIpc) is 2.77. The molecular formula is C27H39NO3. The molecule has 2 rings (SSSR count). The highest BCUT2D eigenvalue weighted by Crippen LogP contribution is 2.20. The summed E-state index contributed by atoms with van der Waals surface area (Å²) in [7, 11) is 0. The predicted molar refractivity (Wildman–Crippen MR) is 128 cm³/mol. The largest absolute Gasteiger partial charge is 0.465 e. The zero-order valence-electron chi connectivity index (χ0n) is 19.4. The van der Waals surface area contributed by atoms with Gasteiger partial charge in [-0.25, -0.2) is 0 Å². The molecule has 2 aromatic rings. The molecule has 0 bridgehead atoms. The number of hydrogen-bond acceptors (Lipinski definition) is 4. The van der Waals surface area contributed by atoms with E-state index in [-0.39, 0.29) is 18.3 Å². The number of ketones is 1. The number of Topliss-reactive ketones (excluding diaryl/α,β-unsaturated/α-hetero) is 1. The normalized spacial score (nSPS) is 11.0. The van der Waals surface area contributed by atoms with E-state index in [0.717, 1.165) is 34.7 Å². The molecule has 0 atom stereocenters. The van der Waals surface area contributed by atoms with Crippen LogP contribution >= 0.6 is 0 Å². The number of nitrogens with one attached hydrogen (secondary N) is 1. The van der Waals surface area contributed by atoms with Gasteiger partial charge in [0, 0.05) is 18.5 Å². The third kappa shape index (κ3) is 9.65. The van der Waals surface area contributed by atoms with Crippen molar-refractivity contribution in [1.82, 2.24) is 5.32 Å². The fourth-order valence-electron chi connectivity index (χ4n) is 3.84. The van der Waals surface area contributed by atoms with Crippen LogP contribution in [0.15, 0.2) is 36.4 Å². The van der Waals surface area contributed by atoms with Crippen LogP contribution in [0.2, 0.25) is 0 Å². The Labute approximate surface area is 187 Å². The van der Waals surface area contributed by atoms with E-state index in [9.17, 15) is 9.59 Å². The zero-order valence-corrected chi connectivity index (χ0v) is 19.4. The molecule has 0 aromatic heterocycles. The van der Waals surface area contributed by atoms with Crippen molar-refractivity contribution in [2.45, 2.75) is 84.6 Å². The van der Waals surface area contributed by atoms with E-state index in [1.54, 1.807) is 6.92 Å². The van der Waals surface area contributed by atoms with Crippen LogP contribution in [0.3, 0.4) is 0 Å². The van der Waals surface area contributed by atoms with Gasteiger partial charge in [-0.2, -0.15) is 0 Å². The molecule has 0 fully saturated rings. The highest BCUT2D eigenvalue weighted by atomic mass is 16.5. The Hall–Kier alpha value is -2.20. The number of carbonyl (C=O) groups excluding carboxylic acids is 2. The number of carbonyl (C=O) groups is 2. The van der Waals surface area contributed by atoms with Gasteiger partial charge in [-0.15, -0.1) is 0 Å². The molecule has 1 N–H and O–H groups in total. The average molecular weight is 426 g/mol. The number of fused-ring (bicyclic) bond motifs is 1. The third-order valence-electron chi connectivity index (χ3n) is 5.64. The van der Waals surface area contributed by atoms with E-state index in [4.69, 9.17) is 4.74 Å². The lowest BCUT2D eigenvalue weighted by molar-refractivity contribution is -0.142. The first-order chi connectivity index (χ1) is 15.1. The number of benzene rings is 2. The smallest absolute Gasteiger partial charge is 0.319 e. The number of ether oxygens (including phenoxy) is 1. The lowest BCUT2D eigenvalue weighted by Gasteiger charge is -2.08. The molecule has 0 spiro atoms. The second-order valence-electron chi connectivity index (χ2n) is 8.31. The molecule has 0 amide bonds.